The molecule has 5 heteroatoms. The smallest absolute Gasteiger partial charge is 0.156 e. The van der Waals surface area contributed by atoms with Crippen molar-refractivity contribution in [2.45, 2.75) is 32.9 Å². The first-order chi connectivity index (χ1) is 9.60. The largest absolute Gasteiger partial charge is 0.377 e. The molecule has 0 aliphatic heterocycles. The summed E-state index contributed by atoms with van der Waals surface area (Å²) in [6.07, 6.45) is 1.02. The van der Waals surface area contributed by atoms with E-state index in [1.807, 2.05) is 13.0 Å². The summed E-state index contributed by atoms with van der Waals surface area (Å²) in [6, 6.07) is 6.68. The van der Waals surface area contributed by atoms with Gasteiger partial charge < -0.3 is 9.64 Å². The van der Waals surface area contributed by atoms with Crippen molar-refractivity contribution in [2.24, 2.45) is 0 Å². The zero-order valence-corrected chi connectivity index (χ0v) is 13.3. The monoisotopic (exact) mass is 291 g/mol. The molecule has 2 heterocycles. The first-order valence-electron chi connectivity index (χ1n) is 6.69. The Morgan fingerprint density at radius 3 is 2.85 bits per heavy atom. The second-order valence-corrected chi connectivity index (χ2v) is 5.99. The maximum absolute atomic E-state index is 5.12. The van der Waals surface area contributed by atoms with Crippen LogP contribution in [0.4, 0.5) is 5.82 Å². The van der Waals surface area contributed by atoms with E-state index in [2.05, 4.69) is 46.4 Å². The van der Waals surface area contributed by atoms with E-state index < -0.39 is 0 Å². The highest BCUT2D eigenvalue weighted by Gasteiger charge is 2.14. The van der Waals surface area contributed by atoms with Crippen molar-refractivity contribution >= 4 is 17.2 Å². The van der Waals surface area contributed by atoms with Crippen molar-refractivity contribution in [1.29, 1.82) is 0 Å². The molecule has 0 spiro atoms. The van der Waals surface area contributed by atoms with Gasteiger partial charge in [0, 0.05) is 43.3 Å². The van der Waals surface area contributed by atoms with Gasteiger partial charge >= 0.3 is 0 Å². The molecular formula is C15H21N3OS. The van der Waals surface area contributed by atoms with Crippen molar-refractivity contribution in [3.63, 3.8) is 0 Å². The summed E-state index contributed by atoms with van der Waals surface area (Å²) in [5, 5.41) is 2.12. The molecule has 2 aromatic heterocycles. The topological polar surface area (TPSA) is 38.2 Å². The number of ether oxygens (including phenoxy) is 1. The number of aromatic nitrogens is 2. The molecule has 4 nitrogen and oxygen atoms in total. The summed E-state index contributed by atoms with van der Waals surface area (Å²) < 4.78 is 5.12. The zero-order valence-electron chi connectivity index (χ0n) is 12.5. The van der Waals surface area contributed by atoms with Crippen LogP contribution in [0.15, 0.2) is 23.6 Å². The third-order valence-corrected chi connectivity index (χ3v) is 4.16. The molecule has 0 radical (unpaired) electrons. The molecule has 0 bridgehead atoms. The summed E-state index contributed by atoms with van der Waals surface area (Å²) in [5.41, 5.74) is 0.970. The van der Waals surface area contributed by atoms with E-state index in [0.717, 1.165) is 23.8 Å². The van der Waals surface area contributed by atoms with E-state index in [0.29, 0.717) is 12.6 Å². The third-order valence-electron chi connectivity index (χ3n) is 3.26. The molecule has 2 aromatic rings. The highest BCUT2D eigenvalue weighted by atomic mass is 32.1. The molecular weight excluding hydrogens is 270 g/mol. The maximum Gasteiger partial charge on any atom is 0.156 e. The van der Waals surface area contributed by atoms with Gasteiger partial charge in [0.1, 0.15) is 12.4 Å². The van der Waals surface area contributed by atoms with Gasteiger partial charge in [0.2, 0.25) is 0 Å². The minimum absolute atomic E-state index is 0.387. The molecule has 0 saturated heterocycles. The van der Waals surface area contributed by atoms with Gasteiger partial charge in [-0.15, -0.1) is 11.3 Å². The van der Waals surface area contributed by atoms with Crippen LogP contribution < -0.4 is 4.90 Å². The lowest BCUT2D eigenvalue weighted by atomic mass is 10.2. The molecule has 0 amide bonds. The van der Waals surface area contributed by atoms with E-state index in [4.69, 9.17) is 4.74 Å². The number of anilines is 1. The molecule has 20 heavy (non-hydrogen) atoms. The highest BCUT2D eigenvalue weighted by Crippen LogP contribution is 2.18. The molecule has 108 valence electrons. The van der Waals surface area contributed by atoms with Crippen LogP contribution in [0.25, 0.3) is 0 Å². The number of likely N-dealkylation sites (N-methyl/N-ethyl adjacent to an activating group) is 1. The summed E-state index contributed by atoms with van der Waals surface area (Å²) in [7, 11) is 3.74. The Morgan fingerprint density at radius 2 is 2.20 bits per heavy atom. The van der Waals surface area contributed by atoms with Gasteiger partial charge in [0.15, 0.2) is 5.82 Å². The number of thiophene rings is 1. The van der Waals surface area contributed by atoms with Crippen molar-refractivity contribution < 1.29 is 4.74 Å². The van der Waals surface area contributed by atoms with E-state index in [1.165, 1.54) is 4.88 Å². The SMILES string of the molecule is COCc1nc(C)cc(N(C)C(C)Cc2cccs2)n1. The van der Waals surface area contributed by atoms with E-state index in [9.17, 15) is 0 Å². The summed E-state index contributed by atoms with van der Waals surface area (Å²) in [5.74, 6) is 1.69. The van der Waals surface area contributed by atoms with Crippen molar-refractivity contribution in [1.82, 2.24) is 9.97 Å². The van der Waals surface area contributed by atoms with Crippen molar-refractivity contribution in [3.05, 3.63) is 40.0 Å². The molecule has 0 aliphatic rings. The van der Waals surface area contributed by atoms with Gasteiger partial charge in [-0.05, 0) is 25.3 Å². The standard InChI is InChI=1S/C15H21N3OS/c1-11-8-15(17-14(16-11)10-19-4)18(3)12(2)9-13-6-5-7-20-13/h5-8,12H,9-10H2,1-4H3. The van der Waals surface area contributed by atoms with Crippen LogP contribution in [0, 0.1) is 6.92 Å². The lowest BCUT2D eigenvalue weighted by molar-refractivity contribution is 0.177. The van der Waals surface area contributed by atoms with Crippen LogP contribution in [0.1, 0.15) is 23.3 Å². The minimum Gasteiger partial charge on any atom is -0.377 e. The predicted molar refractivity (Wildman–Crippen MR) is 83.4 cm³/mol. The van der Waals surface area contributed by atoms with Crippen LogP contribution in [0.5, 0.6) is 0 Å². The molecule has 0 N–H and O–H groups in total. The Balaban J connectivity index is 2.13. The molecule has 2 rings (SSSR count). The number of aryl methyl sites for hydroxylation is 1. The van der Waals surface area contributed by atoms with Gasteiger partial charge in [-0.3, -0.25) is 0 Å². The van der Waals surface area contributed by atoms with Crippen molar-refractivity contribution in [2.75, 3.05) is 19.1 Å². The number of nitrogens with zero attached hydrogens (tertiary/aromatic N) is 3. The second kappa shape index (κ2) is 6.81. The average Bonchev–Trinajstić information content (AvgIpc) is 2.90. The summed E-state index contributed by atoms with van der Waals surface area (Å²) in [4.78, 5) is 12.5. The molecule has 0 aliphatic carbocycles. The van der Waals surface area contributed by atoms with Gasteiger partial charge in [-0.2, -0.15) is 0 Å². The maximum atomic E-state index is 5.12. The lowest BCUT2D eigenvalue weighted by Crippen LogP contribution is -2.31. The quantitative estimate of drug-likeness (QED) is 0.820. The highest BCUT2D eigenvalue weighted by molar-refractivity contribution is 7.09. The van der Waals surface area contributed by atoms with Crippen LogP contribution in [-0.4, -0.2) is 30.2 Å². The first kappa shape index (κ1) is 14.9. The van der Waals surface area contributed by atoms with Crippen LogP contribution >= 0.6 is 11.3 Å². The molecule has 1 unspecified atom stereocenters. The van der Waals surface area contributed by atoms with Crippen LogP contribution in [0.3, 0.4) is 0 Å². The molecule has 1 atom stereocenters. The predicted octanol–water partition coefficient (Wildman–Crippen LogP) is 3.06. The number of hydrogen-bond acceptors (Lipinski definition) is 5. The normalized spacial score (nSPS) is 12.4. The van der Waals surface area contributed by atoms with Crippen LogP contribution in [0.2, 0.25) is 0 Å². The summed E-state index contributed by atoms with van der Waals surface area (Å²) >= 11 is 1.80. The summed E-state index contributed by atoms with van der Waals surface area (Å²) in [6.45, 7) is 4.65. The van der Waals surface area contributed by atoms with Crippen LogP contribution in [-0.2, 0) is 17.8 Å². The lowest BCUT2D eigenvalue weighted by Gasteiger charge is -2.26. The van der Waals surface area contributed by atoms with Gasteiger partial charge in [-0.25, -0.2) is 9.97 Å². The van der Waals surface area contributed by atoms with Gasteiger partial charge in [0.05, 0.1) is 0 Å². The Kier molecular flexibility index (Phi) is 5.09. The zero-order chi connectivity index (χ0) is 14.5. The Labute approximate surface area is 124 Å². The Morgan fingerprint density at radius 1 is 1.40 bits per heavy atom. The molecule has 0 aromatic carbocycles. The fraction of sp³-hybridized carbons (Fsp3) is 0.467. The van der Waals surface area contributed by atoms with E-state index >= 15 is 0 Å². The van der Waals surface area contributed by atoms with Gasteiger partial charge in [0.25, 0.3) is 0 Å². The number of rotatable bonds is 6. The van der Waals surface area contributed by atoms with Crippen molar-refractivity contribution in [3.8, 4) is 0 Å². The molecule has 0 fully saturated rings. The Hall–Kier alpha value is -1.46. The van der Waals surface area contributed by atoms with E-state index in [-0.39, 0.29) is 0 Å². The van der Waals surface area contributed by atoms with E-state index in [1.54, 1.807) is 18.4 Å². The molecule has 0 saturated carbocycles. The van der Waals surface area contributed by atoms with Gasteiger partial charge in [-0.1, -0.05) is 6.07 Å². The number of hydrogen-bond donors (Lipinski definition) is 0. The number of methoxy groups -OCH3 is 1. The third kappa shape index (κ3) is 3.77. The Bertz CT molecular complexity index is 542. The fourth-order valence-corrected chi connectivity index (χ4v) is 2.90. The average molecular weight is 291 g/mol. The second-order valence-electron chi connectivity index (χ2n) is 4.96. The minimum atomic E-state index is 0.387. The first-order valence-corrected chi connectivity index (χ1v) is 7.57. The fourth-order valence-electron chi connectivity index (χ4n) is 2.07.